The van der Waals surface area contributed by atoms with Crippen LogP contribution in [0.4, 0.5) is 0 Å². The molecular formula is C18H38N4O. The monoisotopic (exact) mass is 326 g/mol. The third-order valence-corrected chi connectivity index (χ3v) is 4.67. The Bertz CT molecular complexity index is 336. The second-order valence-electron chi connectivity index (χ2n) is 7.07. The van der Waals surface area contributed by atoms with Crippen LogP contribution in [-0.2, 0) is 4.74 Å². The number of rotatable bonds is 8. The molecule has 0 bridgehead atoms. The highest BCUT2D eigenvalue weighted by molar-refractivity contribution is 5.79. The van der Waals surface area contributed by atoms with Crippen molar-refractivity contribution >= 4 is 5.96 Å². The summed E-state index contributed by atoms with van der Waals surface area (Å²) >= 11 is 0. The smallest absolute Gasteiger partial charge is 0.191 e. The fourth-order valence-electron chi connectivity index (χ4n) is 3.10. The lowest BCUT2D eigenvalue weighted by Crippen LogP contribution is -2.50. The van der Waals surface area contributed by atoms with Gasteiger partial charge in [-0.2, -0.15) is 0 Å². The molecule has 1 atom stereocenters. The van der Waals surface area contributed by atoms with Crippen LogP contribution >= 0.6 is 0 Å². The first-order chi connectivity index (χ1) is 11.0. The summed E-state index contributed by atoms with van der Waals surface area (Å²) in [5.41, 5.74) is 0. The van der Waals surface area contributed by atoms with Crippen LogP contribution in [0, 0.1) is 5.92 Å². The summed E-state index contributed by atoms with van der Waals surface area (Å²) in [6.07, 6.45) is 3.71. The minimum Gasteiger partial charge on any atom is -0.378 e. The van der Waals surface area contributed by atoms with Gasteiger partial charge in [0, 0.05) is 45.4 Å². The van der Waals surface area contributed by atoms with E-state index >= 15 is 0 Å². The molecular weight excluding hydrogens is 288 g/mol. The van der Waals surface area contributed by atoms with E-state index < -0.39 is 0 Å². The highest BCUT2D eigenvalue weighted by Gasteiger charge is 2.21. The number of hydrogen-bond acceptors (Lipinski definition) is 3. The Kier molecular flexibility index (Phi) is 9.56. The summed E-state index contributed by atoms with van der Waals surface area (Å²) in [6, 6.07) is 1.18. The number of piperidine rings is 1. The van der Waals surface area contributed by atoms with Crippen molar-refractivity contribution in [1.82, 2.24) is 15.5 Å². The van der Waals surface area contributed by atoms with Gasteiger partial charge in [-0.3, -0.25) is 4.99 Å². The van der Waals surface area contributed by atoms with Crippen molar-refractivity contribution in [3.63, 3.8) is 0 Å². The average molecular weight is 327 g/mol. The molecule has 5 nitrogen and oxygen atoms in total. The van der Waals surface area contributed by atoms with Crippen LogP contribution in [0.15, 0.2) is 4.99 Å². The first-order valence-corrected chi connectivity index (χ1v) is 9.30. The Hall–Kier alpha value is -0.810. The minimum atomic E-state index is 0.319. The van der Waals surface area contributed by atoms with Gasteiger partial charge in [0.2, 0.25) is 0 Å². The van der Waals surface area contributed by atoms with Gasteiger partial charge in [-0.25, -0.2) is 0 Å². The lowest BCUT2D eigenvalue weighted by Gasteiger charge is -2.35. The minimum absolute atomic E-state index is 0.319. The highest BCUT2D eigenvalue weighted by atomic mass is 16.5. The van der Waals surface area contributed by atoms with Gasteiger partial charge >= 0.3 is 0 Å². The predicted octanol–water partition coefficient (Wildman–Crippen LogP) is 2.48. The Morgan fingerprint density at radius 1 is 1.22 bits per heavy atom. The zero-order valence-electron chi connectivity index (χ0n) is 16.1. The lowest BCUT2D eigenvalue weighted by molar-refractivity contribution is 0.0258. The normalized spacial score (nSPS) is 19.4. The molecule has 5 heteroatoms. The van der Waals surface area contributed by atoms with Crippen LogP contribution in [-0.4, -0.2) is 62.3 Å². The van der Waals surface area contributed by atoms with Gasteiger partial charge in [0.05, 0.1) is 6.10 Å². The molecule has 0 aromatic heterocycles. The lowest BCUT2D eigenvalue weighted by atomic mass is 10.0. The zero-order chi connectivity index (χ0) is 17.2. The van der Waals surface area contributed by atoms with Crippen molar-refractivity contribution in [1.29, 1.82) is 0 Å². The van der Waals surface area contributed by atoms with Crippen LogP contribution in [0.3, 0.4) is 0 Å². The molecule has 1 aliphatic rings. The molecule has 0 aromatic rings. The standard InChI is InChI=1S/C18H38N4O/c1-7-23-17(14(2)3)8-11-20-18(19-6)21-16-9-12-22(13-10-16)15(4)5/h14-17H,7-13H2,1-6H3,(H2,19,20,21). The van der Waals surface area contributed by atoms with Gasteiger partial charge in [0.1, 0.15) is 0 Å². The Balaban J connectivity index is 2.30. The molecule has 23 heavy (non-hydrogen) atoms. The Labute approximate surface area is 143 Å². The third-order valence-electron chi connectivity index (χ3n) is 4.67. The zero-order valence-corrected chi connectivity index (χ0v) is 16.1. The van der Waals surface area contributed by atoms with Crippen molar-refractivity contribution in [2.24, 2.45) is 10.9 Å². The largest absolute Gasteiger partial charge is 0.378 e. The van der Waals surface area contributed by atoms with Crippen molar-refractivity contribution in [2.45, 2.75) is 72.1 Å². The quantitative estimate of drug-likeness (QED) is 0.531. The highest BCUT2D eigenvalue weighted by Crippen LogP contribution is 2.13. The molecule has 1 rings (SSSR count). The van der Waals surface area contributed by atoms with Gasteiger partial charge in [0.25, 0.3) is 0 Å². The molecule has 0 aromatic carbocycles. The topological polar surface area (TPSA) is 48.9 Å². The van der Waals surface area contributed by atoms with Crippen LogP contribution < -0.4 is 10.6 Å². The van der Waals surface area contributed by atoms with Crippen LogP contribution in [0.2, 0.25) is 0 Å². The Morgan fingerprint density at radius 2 is 1.87 bits per heavy atom. The average Bonchev–Trinajstić information content (AvgIpc) is 2.53. The van der Waals surface area contributed by atoms with Gasteiger partial charge in [0.15, 0.2) is 5.96 Å². The maximum atomic E-state index is 5.80. The summed E-state index contributed by atoms with van der Waals surface area (Å²) in [4.78, 5) is 6.91. The van der Waals surface area contributed by atoms with E-state index in [1.165, 1.54) is 25.9 Å². The molecule has 136 valence electrons. The van der Waals surface area contributed by atoms with Crippen molar-refractivity contribution in [3.8, 4) is 0 Å². The van der Waals surface area contributed by atoms with Gasteiger partial charge < -0.3 is 20.3 Å². The molecule has 1 heterocycles. The van der Waals surface area contributed by atoms with Crippen LogP contribution in [0.25, 0.3) is 0 Å². The fraction of sp³-hybridized carbons (Fsp3) is 0.944. The predicted molar refractivity (Wildman–Crippen MR) is 99.1 cm³/mol. The second-order valence-corrected chi connectivity index (χ2v) is 7.07. The molecule has 1 saturated heterocycles. The molecule has 0 radical (unpaired) electrons. The van der Waals surface area contributed by atoms with E-state index in [1.54, 1.807) is 0 Å². The number of aliphatic imine (C=N–C) groups is 1. The maximum absolute atomic E-state index is 5.80. The number of nitrogens with one attached hydrogen (secondary N) is 2. The van der Waals surface area contributed by atoms with E-state index in [0.717, 1.165) is 25.5 Å². The Morgan fingerprint density at radius 3 is 2.35 bits per heavy atom. The molecule has 1 aliphatic heterocycles. The number of hydrogen-bond donors (Lipinski definition) is 2. The molecule has 0 amide bonds. The molecule has 0 spiro atoms. The molecule has 0 aliphatic carbocycles. The molecule has 0 saturated carbocycles. The molecule has 1 fully saturated rings. The summed E-state index contributed by atoms with van der Waals surface area (Å²) in [6.45, 7) is 15.1. The maximum Gasteiger partial charge on any atom is 0.191 e. The van der Waals surface area contributed by atoms with Crippen molar-refractivity contribution in [3.05, 3.63) is 0 Å². The number of likely N-dealkylation sites (tertiary alicyclic amines) is 1. The van der Waals surface area contributed by atoms with Gasteiger partial charge in [-0.05, 0) is 46.0 Å². The third kappa shape index (κ3) is 7.53. The van der Waals surface area contributed by atoms with Crippen molar-refractivity contribution < 1.29 is 4.74 Å². The van der Waals surface area contributed by atoms with Crippen LogP contribution in [0.5, 0.6) is 0 Å². The van der Waals surface area contributed by atoms with Crippen LogP contribution in [0.1, 0.15) is 53.9 Å². The second kappa shape index (κ2) is 10.9. The van der Waals surface area contributed by atoms with E-state index in [0.29, 0.717) is 24.1 Å². The first-order valence-electron chi connectivity index (χ1n) is 9.30. The summed E-state index contributed by atoms with van der Waals surface area (Å²) < 4.78 is 5.80. The van der Waals surface area contributed by atoms with Gasteiger partial charge in [-0.15, -0.1) is 0 Å². The number of nitrogens with zero attached hydrogens (tertiary/aromatic N) is 2. The first kappa shape index (κ1) is 20.2. The van der Waals surface area contributed by atoms with E-state index in [4.69, 9.17) is 4.74 Å². The van der Waals surface area contributed by atoms with Crippen molar-refractivity contribution in [2.75, 3.05) is 33.3 Å². The number of ether oxygens (including phenoxy) is 1. The molecule has 1 unspecified atom stereocenters. The van der Waals surface area contributed by atoms with Gasteiger partial charge in [-0.1, -0.05) is 13.8 Å². The SMILES string of the molecule is CCOC(CCNC(=NC)NC1CCN(C(C)C)CC1)C(C)C. The fourth-order valence-corrected chi connectivity index (χ4v) is 3.10. The van der Waals surface area contributed by atoms with E-state index in [1.807, 2.05) is 7.05 Å². The summed E-state index contributed by atoms with van der Waals surface area (Å²) in [7, 11) is 1.85. The number of guanidine groups is 1. The summed E-state index contributed by atoms with van der Waals surface area (Å²) in [5.74, 6) is 1.47. The van der Waals surface area contributed by atoms with E-state index in [-0.39, 0.29) is 0 Å². The van der Waals surface area contributed by atoms with E-state index in [9.17, 15) is 0 Å². The van der Waals surface area contributed by atoms with E-state index in [2.05, 4.69) is 55.1 Å². The molecule has 2 N–H and O–H groups in total. The summed E-state index contributed by atoms with van der Waals surface area (Å²) in [5, 5.41) is 7.01.